The summed E-state index contributed by atoms with van der Waals surface area (Å²) >= 11 is 0. The first-order chi connectivity index (χ1) is 8.11. The van der Waals surface area contributed by atoms with Crippen LogP contribution in [0.15, 0.2) is 5.11 Å². The van der Waals surface area contributed by atoms with Gasteiger partial charge in [-0.05, 0) is 11.4 Å². The van der Waals surface area contributed by atoms with E-state index in [1.54, 1.807) is 0 Å². The van der Waals surface area contributed by atoms with Crippen molar-refractivity contribution >= 4 is 0 Å². The van der Waals surface area contributed by atoms with Crippen molar-refractivity contribution in [1.82, 2.24) is 0 Å². The molecule has 1 aliphatic heterocycles. The Kier molecular flexibility index (Phi) is 5.67. The van der Waals surface area contributed by atoms with Gasteiger partial charge >= 0.3 is 0 Å². The first-order valence-electron chi connectivity index (χ1n) is 5.68. The molecule has 0 aromatic rings. The molecule has 0 bridgehead atoms. The smallest absolute Gasteiger partial charge is 0.161 e. The third-order valence-corrected chi connectivity index (χ3v) is 3.20. The van der Waals surface area contributed by atoms with Gasteiger partial charge in [0.05, 0.1) is 19.3 Å². The van der Waals surface area contributed by atoms with E-state index in [1.807, 2.05) is 13.8 Å². The van der Waals surface area contributed by atoms with Crippen molar-refractivity contribution in [3.8, 4) is 0 Å². The highest BCUT2D eigenvalue weighted by Crippen LogP contribution is 2.31. The van der Waals surface area contributed by atoms with Crippen molar-refractivity contribution in [2.75, 3.05) is 19.8 Å². The summed E-state index contributed by atoms with van der Waals surface area (Å²) in [4.78, 5) is 2.62. The molecule has 2 N–H and O–H groups in total. The van der Waals surface area contributed by atoms with Crippen LogP contribution in [-0.2, 0) is 9.47 Å². The predicted molar refractivity (Wildman–Crippen MR) is 60.0 cm³/mol. The number of aliphatic hydroxyl groups is 2. The first kappa shape index (κ1) is 14.2. The van der Waals surface area contributed by atoms with Crippen LogP contribution in [0.4, 0.5) is 0 Å². The molecule has 0 radical (unpaired) electrons. The van der Waals surface area contributed by atoms with Crippen molar-refractivity contribution in [2.24, 2.45) is 17.0 Å². The third-order valence-electron chi connectivity index (χ3n) is 3.20. The second kappa shape index (κ2) is 6.78. The number of hydrogen-bond acceptors (Lipinski definition) is 5. The van der Waals surface area contributed by atoms with Crippen molar-refractivity contribution in [2.45, 2.75) is 32.3 Å². The standard InChI is InChI=1S/C10H19N3O4/c1-6-7(2)10(16-4-3-12-13-11)17-8(5-14)9(6)15/h6-10,14-15H,3-5H2,1-2H3/t6-,7?,8?,9+,10-/m1/s1. The minimum atomic E-state index is -0.688. The fraction of sp³-hybridized carbons (Fsp3) is 1.00. The van der Waals surface area contributed by atoms with Gasteiger partial charge in [0.25, 0.3) is 0 Å². The maximum atomic E-state index is 9.83. The van der Waals surface area contributed by atoms with Crippen LogP contribution in [0.1, 0.15) is 13.8 Å². The highest BCUT2D eigenvalue weighted by Gasteiger charge is 2.40. The summed E-state index contributed by atoms with van der Waals surface area (Å²) < 4.78 is 10.9. The van der Waals surface area contributed by atoms with Crippen molar-refractivity contribution in [3.05, 3.63) is 10.4 Å². The number of aliphatic hydroxyl groups excluding tert-OH is 2. The summed E-state index contributed by atoms with van der Waals surface area (Å²) in [5.41, 5.74) is 8.12. The lowest BCUT2D eigenvalue weighted by molar-refractivity contribution is -0.267. The Bertz CT molecular complexity index is 281. The van der Waals surface area contributed by atoms with Gasteiger partial charge < -0.3 is 19.7 Å². The molecule has 0 aromatic carbocycles. The quantitative estimate of drug-likeness (QED) is 0.321. The van der Waals surface area contributed by atoms with E-state index in [9.17, 15) is 5.11 Å². The van der Waals surface area contributed by atoms with E-state index < -0.39 is 18.5 Å². The molecule has 1 aliphatic rings. The summed E-state index contributed by atoms with van der Waals surface area (Å²) in [5.74, 6) is -0.00997. The van der Waals surface area contributed by atoms with Gasteiger partial charge in [0, 0.05) is 17.4 Å². The van der Waals surface area contributed by atoms with E-state index in [0.717, 1.165) is 0 Å². The molecule has 17 heavy (non-hydrogen) atoms. The molecule has 1 fully saturated rings. The van der Waals surface area contributed by atoms with Crippen LogP contribution < -0.4 is 0 Å². The zero-order valence-corrected chi connectivity index (χ0v) is 10.1. The summed E-state index contributed by atoms with van der Waals surface area (Å²) in [5, 5.41) is 22.3. The normalized spacial score (nSPS) is 37.5. The zero-order valence-electron chi connectivity index (χ0n) is 10.1. The monoisotopic (exact) mass is 245 g/mol. The molecule has 0 amide bonds. The molecule has 7 heteroatoms. The zero-order chi connectivity index (χ0) is 12.8. The Hall–Kier alpha value is -0.850. The van der Waals surface area contributed by atoms with Gasteiger partial charge in [-0.1, -0.05) is 19.0 Å². The molecule has 1 saturated heterocycles. The third kappa shape index (κ3) is 3.55. The summed E-state index contributed by atoms with van der Waals surface area (Å²) in [6, 6.07) is 0. The summed E-state index contributed by atoms with van der Waals surface area (Å²) in [7, 11) is 0. The van der Waals surface area contributed by atoms with Gasteiger partial charge in [-0.15, -0.1) is 0 Å². The average molecular weight is 245 g/mol. The van der Waals surface area contributed by atoms with Gasteiger partial charge in [-0.3, -0.25) is 0 Å². The Balaban J connectivity index is 2.50. The Morgan fingerprint density at radius 2 is 2.12 bits per heavy atom. The Labute approximate surface area is 100.0 Å². The molecular weight excluding hydrogens is 226 g/mol. The molecule has 5 atom stereocenters. The second-order valence-corrected chi connectivity index (χ2v) is 4.26. The van der Waals surface area contributed by atoms with E-state index in [0.29, 0.717) is 0 Å². The molecule has 0 saturated carbocycles. The molecule has 7 nitrogen and oxygen atoms in total. The number of nitrogens with zero attached hydrogens (tertiary/aromatic N) is 3. The van der Waals surface area contributed by atoms with Crippen molar-refractivity contribution in [1.29, 1.82) is 0 Å². The maximum absolute atomic E-state index is 9.83. The van der Waals surface area contributed by atoms with Gasteiger partial charge in [0.2, 0.25) is 0 Å². The van der Waals surface area contributed by atoms with Crippen LogP contribution in [0.2, 0.25) is 0 Å². The lowest BCUT2D eigenvalue weighted by Gasteiger charge is -2.41. The number of ether oxygens (including phenoxy) is 2. The van der Waals surface area contributed by atoms with E-state index in [2.05, 4.69) is 10.0 Å². The molecule has 2 unspecified atom stereocenters. The lowest BCUT2D eigenvalue weighted by atomic mass is 9.85. The topological polar surface area (TPSA) is 108 Å². The predicted octanol–water partition coefficient (Wildman–Crippen LogP) is 0.664. The maximum Gasteiger partial charge on any atom is 0.161 e. The summed E-state index contributed by atoms with van der Waals surface area (Å²) in [6.45, 7) is 4.07. The minimum Gasteiger partial charge on any atom is -0.394 e. The highest BCUT2D eigenvalue weighted by atomic mass is 16.7. The van der Waals surface area contributed by atoms with Crippen LogP contribution in [0.25, 0.3) is 10.4 Å². The van der Waals surface area contributed by atoms with Crippen LogP contribution >= 0.6 is 0 Å². The van der Waals surface area contributed by atoms with Crippen LogP contribution in [0.3, 0.4) is 0 Å². The largest absolute Gasteiger partial charge is 0.394 e. The molecule has 0 spiro atoms. The number of azide groups is 1. The van der Waals surface area contributed by atoms with Gasteiger partial charge in [-0.2, -0.15) is 0 Å². The average Bonchev–Trinajstić information content (AvgIpc) is 2.34. The van der Waals surface area contributed by atoms with Crippen molar-refractivity contribution in [3.63, 3.8) is 0 Å². The van der Waals surface area contributed by atoms with Gasteiger partial charge in [0.1, 0.15) is 6.10 Å². The molecule has 1 heterocycles. The fourth-order valence-corrected chi connectivity index (χ4v) is 1.87. The van der Waals surface area contributed by atoms with E-state index >= 15 is 0 Å². The number of rotatable bonds is 5. The second-order valence-electron chi connectivity index (χ2n) is 4.26. The molecule has 1 rings (SSSR count). The number of hydrogen-bond donors (Lipinski definition) is 2. The van der Waals surface area contributed by atoms with E-state index in [1.165, 1.54) is 0 Å². The minimum absolute atomic E-state index is 0.0128. The molecular formula is C10H19N3O4. The van der Waals surface area contributed by atoms with Crippen LogP contribution in [0.5, 0.6) is 0 Å². The SMILES string of the molecule is CC1[C@H](OCCN=[N+]=[N-])OC(CO)[C@@H](O)[C@@H]1C. The molecule has 0 aliphatic carbocycles. The molecule has 0 aromatic heterocycles. The van der Waals surface area contributed by atoms with Gasteiger partial charge in [-0.25, -0.2) is 0 Å². The first-order valence-corrected chi connectivity index (χ1v) is 5.68. The van der Waals surface area contributed by atoms with Crippen molar-refractivity contribution < 1.29 is 19.7 Å². The van der Waals surface area contributed by atoms with Crippen LogP contribution in [-0.4, -0.2) is 48.5 Å². The Morgan fingerprint density at radius 3 is 2.71 bits per heavy atom. The Morgan fingerprint density at radius 1 is 1.41 bits per heavy atom. The van der Waals surface area contributed by atoms with Crippen LogP contribution in [0, 0.1) is 11.8 Å². The lowest BCUT2D eigenvalue weighted by Crippen LogP contribution is -2.51. The molecule has 98 valence electrons. The highest BCUT2D eigenvalue weighted by molar-refractivity contribution is 4.84. The summed E-state index contributed by atoms with van der Waals surface area (Å²) in [6.07, 6.45) is -1.79. The van der Waals surface area contributed by atoms with E-state index in [4.69, 9.17) is 20.1 Å². The van der Waals surface area contributed by atoms with Gasteiger partial charge in [0.15, 0.2) is 6.29 Å². The fourth-order valence-electron chi connectivity index (χ4n) is 1.87. The van der Waals surface area contributed by atoms with E-state index in [-0.39, 0.29) is 31.6 Å².